The Bertz CT molecular complexity index is 1780. The van der Waals surface area contributed by atoms with Gasteiger partial charge in [0.15, 0.2) is 17.5 Å². The Morgan fingerprint density at radius 3 is 1.80 bits per heavy atom. The molecule has 5 aromatic carbocycles. The largest absolute Gasteiger partial charge is 0.489 e. The van der Waals surface area contributed by atoms with Gasteiger partial charge in [-0.3, -0.25) is 0 Å². The Kier molecular flexibility index (Phi) is 9.99. The number of hydrogen-bond donors (Lipinski definition) is 0. The summed E-state index contributed by atoms with van der Waals surface area (Å²) in [4.78, 5) is 0. The molecule has 0 N–H and O–H groups in total. The first-order valence-corrected chi connectivity index (χ1v) is 14.7. The van der Waals surface area contributed by atoms with Crippen LogP contribution in [-0.2, 0) is 19.1 Å². The molecule has 0 radical (unpaired) electrons. The van der Waals surface area contributed by atoms with Gasteiger partial charge >= 0.3 is 6.11 Å². The molecular formula is C37H29F7O2. The van der Waals surface area contributed by atoms with Crippen LogP contribution >= 0.6 is 0 Å². The van der Waals surface area contributed by atoms with Crippen molar-refractivity contribution >= 4 is 0 Å². The second-order valence-electron chi connectivity index (χ2n) is 10.8. The van der Waals surface area contributed by atoms with E-state index in [9.17, 15) is 30.7 Å². The Balaban J connectivity index is 1.22. The summed E-state index contributed by atoms with van der Waals surface area (Å²) in [5.74, 6) is -6.25. The van der Waals surface area contributed by atoms with Gasteiger partial charge in [-0.15, -0.1) is 0 Å². The number of alkyl halides is 2. The molecule has 0 amide bonds. The summed E-state index contributed by atoms with van der Waals surface area (Å²) >= 11 is 0. The van der Waals surface area contributed by atoms with E-state index in [1.54, 1.807) is 0 Å². The van der Waals surface area contributed by atoms with Crippen LogP contribution in [0.2, 0.25) is 0 Å². The Hall–Kier alpha value is -4.79. The summed E-state index contributed by atoms with van der Waals surface area (Å²) < 4.78 is 111. The highest BCUT2D eigenvalue weighted by atomic mass is 19.3. The number of rotatable bonds is 12. The lowest BCUT2D eigenvalue weighted by Gasteiger charge is -2.19. The van der Waals surface area contributed by atoms with Crippen molar-refractivity contribution in [3.8, 4) is 33.8 Å². The van der Waals surface area contributed by atoms with Gasteiger partial charge in [0.25, 0.3) is 0 Å². The third kappa shape index (κ3) is 7.70. The second kappa shape index (κ2) is 14.1. The van der Waals surface area contributed by atoms with Crippen LogP contribution in [0.4, 0.5) is 30.7 Å². The molecule has 0 spiro atoms. The van der Waals surface area contributed by atoms with Crippen molar-refractivity contribution in [3.05, 3.63) is 143 Å². The molecule has 0 aliphatic heterocycles. The van der Waals surface area contributed by atoms with Gasteiger partial charge in [-0.05, 0) is 95.3 Å². The highest BCUT2D eigenvalue weighted by Crippen LogP contribution is 2.35. The average Bonchev–Trinajstić information content (AvgIpc) is 3.03. The fourth-order valence-corrected chi connectivity index (χ4v) is 4.94. The molecule has 0 atom stereocenters. The van der Waals surface area contributed by atoms with Crippen LogP contribution in [-0.4, -0.2) is 0 Å². The summed E-state index contributed by atoms with van der Waals surface area (Å²) in [5, 5.41) is 0. The van der Waals surface area contributed by atoms with Gasteiger partial charge in [0.2, 0.25) is 0 Å². The van der Waals surface area contributed by atoms with E-state index >= 15 is 0 Å². The van der Waals surface area contributed by atoms with Crippen molar-refractivity contribution in [2.75, 3.05) is 0 Å². The Morgan fingerprint density at radius 1 is 0.565 bits per heavy atom. The van der Waals surface area contributed by atoms with Crippen molar-refractivity contribution in [3.63, 3.8) is 0 Å². The van der Waals surface area contributed by atoms with E-state index in [4.69, 9.17) is 9.47 Å². The third-order valence-corrected chi connectivity index (χ3v) is 7.44. The van der Waals surface area contributed by atoms with Crippen LogP contribution in [0.25, 0.3) is 22.3 Å². The van der Waals surface area contributed by atoms with Gasteiger partial charge in [0, 0.05) is 5.56 Å². The highest BCUT2D eigenvalue weighted by Gasteiger charge is 2.37. The lowest BCUT2D eigenvalue weighted by atomic mass is 9.99. The van der Waals surface area contributed by atoms with Gasteiger partial charge in [0.1, 0.15) is 29.7 Å². The third-order valence-electron chi connectivity index (χ3n) is 7.44. The summed E-state index contributed by atoms with van der Waals surface area (Å²) in [6.45, 7) is 2.13. The second-order valence-corrected chi connectivity index (χ2v) is 10.8. The monoisotopic (exact) mass is 638 g/mol. The minimum absolute atomic E-state index is 0.0144. The molecular weight excluding hydrogens is 609 g/mol. The first kappa shape index (κ1) is 32.6. The molecule has 0 aliphatic carbocycles. The highest BCUT2D eigenvalue weighted by molar-refractivity contribution is 5.71. The molecule has 0 bridgehead atoms. The predicted molar refractivity (Wildman–Crippen MR) is 162 cm³/mol. The van der Waals surface area contributed by atoms with Gasteiger partial charge in [-0.1, -0.05) is 62.2 Å². The number of aryl methyl sites for hydroxylation is 1. The van der Waals surface area contributed by atoms with Gasteiger partial charge in [0.05, 0.1) is 5.56 Å². The van der Waals surface area contributed by atoms with Crippen LogP contribution in [0.15, 0.2) is 97.1 Å². The molecule has 5 rings (SSSR count). The van der Waals surface area contributed by atoms with E-state index in [2.05, 4.69) is 6.92 Å². The van der Waals surface area contributed by atoms with Crippen molar-refractivity contribution in [1.29, 1.82) is 0 Å². The maximum absolute atomic E-state index is 15.0. The van der Waals surface area contributed by atoms with Crippen molar-refractivity contribution < 1.29 is 40.2 Å². The SMILES string of the molecule is CCCCCc1ccc(OCc2ccc(C(F)(F)Oc3ccc(-c4ccc(-c5cc(F)c(F)c(F)c5)c(F)c4)cc3)c(F)c2)cc1. The lowest BCUT2D eigenvalue weighted by molar-refractivity contribution is -0.187. The summed E-state index contributed by atoms with van der Waals surface area (Å²) in [6, 6.07) is 21.2. The zero-order valence-corrected chi connectivity index (χ0v) is 24.7. The Morgan fingerprint density at radius 2 is 1.17 bits per heavy atom. The number of unbranched alkanes of at least 4 members (excludes halogenated alkanes) is 2. The Labute approximate surface area is 262 Å². The fourth-order valence-electron chi connectivity index (χ4n) is 4.94. The van der Waals surface area contributed by atoms with E-state index in [0.29, 0.717) is 34.6 Å². The van der Waals surface area contributed by atoms with Crippen molar-refractivity contribution in [1.82, 2.24) is 0 Å². The minimum Gasteiger partial charge on any atom is -0.489 e. The molecule has 2 nitrogen and oxygen atoms in total. The topological polar surface area (TPSA) is 18.5 Å². The smallest absolute Gasteiger partial charge is 0.429 e. The standard InChI is InChI=1S/C37H29F7O2/c1-2-3-4-5-23-6-12-28(13-7-23)45-22-24-8-17-31(33(39)18-24)37(43,44)46-29-14-9-25(10-15-29)26-11-16-30(32(38)19-26)27-20-34(40)36(42)35(41)21-27/h6-21H,2-5,22H2,1H3. The maximum Gasteiger partial charge on any atom is 0.429 e. The zero-order chi connectivity index (χ0) is 32.8. The summed E-state index contributed by atoms with van der Waals surface area (Å²) in [6.07, 6.45) is 0.372. The first-order chi connectivity index (χ1) is 22.0. The van der Waals surface area contributed by atoms with Crippen LogP contribution in [0, 0.1) is 29.1 Å². The molecule has 0 saturated carbocycles. The number of halogens is 7. The molecule has 0 heterocycles. The van der Waals surface area contributed by atoms with E-state index in [-0.39, 0.29) is 23.5 Å². The number of benzene rings is 5. The molecule has 238 valence electrons. The summed E-state index contributed by atoms with van der Waals surface area (Å²) in [5.41, 5.74) is 0.990. The molecule has 0 fully saturated rings. The molecule has 0 unspecified atom stereocenters. The van der Waals surface area contributed by atoms with Crippen LogP contribution < -0.4 is 9.47 Å². The zero-order valence-electron chi connectivity index (χ0n) is 24.7. The molecule has 46 heavy (non-hydrogen) atoms. The van der Waals surface area contributed by atoms with Gasteiger partial charge in [-0.2, -0.15) is 8.78 Å². The average molecular weight is 639 g/mol. The van der Waals surface area contributed by atoms with E-state index in [0.717, 1.165) is 43.9 Å². The molecule has 0 aromatic heterocycles. The van der Waals surface area contributed by atoms with E-state index < -0.39 is 40.8 Å². The molecule has 0 saturated heterocycles. The van der Waals surface area contributed by atoms with Crippen molar-refractivity contribution in [2.24, 2.45) is 0 Å². The van der Waals surface area contributed by atoms with Gasteiger partial charge in [-0.25, -0.2) is 22.0 Å². The molecule has 9 heteroatoms. The maximum atomic E-state index is 15.0. The van der Waals surface area contributed by atoms with Crippen LogP contribution in [0.3, 0.4) is 0 Å². The van der Waals surface area contributed by atoms with E-state index in [1.165, 1.54) is 48.0 Å². The predicted octanol–water partition coefficient (Wildman–Crippen LogP) is 11.2. The normalized spacial score (nSPS) is 11.5. The molecule has 5 aromatic rings. The summed E-state index contributed by atoms with van der Waals surface area (Å²) in [7, 11) is 0. The van der Waals surface area contributed by atoms with E-state index in [1.807, 2.05) is 24.3 Å². The molecule has 0 aliphatic rings. The first-order valence-electron chi connectivity index (χ1n) is 14.7. The number of ether oxygens (including phenoxy) is 2. The fraction of sp³-hybridized carbons (Fsp3) is 0.189. The van der Waals surface area contributed by atoms with Crippen LogP contribution in [0.1, 0.15) is 42.9 Å². The van der Waals surface area contributed by atoms with Crippen molar-refractivity contribution in [2.45, 2.75) is 45.3 Å². The number of hydrogen-bond acceptors (Lipinski definition) is 2. The van der Waals surface area contributed by atoms with Crippen LogP contribution in [0.5, 0.6) is 11.5 Å². The lowest BCUT2D eigenvalue weighted by Crippen LogP contribution is -2.23. The van der Waals surface area contributed by atoms with Gasteiger partial charge < -0.3 is 9.47 Å². The minimum atomic E-state index is -4.01. The quantitative estimate of drug-likeness (QED) is 0.0769.